The van der Waals surface area contributed by atoms with Crippen molar-refractivity contribution in [1.29, 1.82) is 0 Å². The molecule has 2 atom stereocenters. The number of carbonyl (C=O) groups is 2. The van der Waals surface area contributed by atoms with E-state index < -0.39 is 0 Å². The van der Waals surface area contributed by atoms with Crippen LogP contribution in [0.25, 0.3) is 0 Å². The van der Waals surface area contributed by atoms with E-state index in [4.69, 9.17) is 9.47 Å². The van der Waals surface area contributed by atoms with Crippen LogP contribution in [-0.4, -0.2) is 44.8 Å². The minimum absolute atomic E-state index is 0.0317. The number of anilines is 1. The minimum atomic E-state index is -0.248. The van der Waals surface area contributed by atoms with Gasteiger partial charge in [0.25, 0.3) is 0 Å². The smallest absolute Gasteiger partial charge is 0.315 e. The Bertz CT molecular complexity index is 872. The van der Waals surface area contributed by atoms with Gasteiger partial charge in [-0.15, -0.1) is 0 Å². The summed E-state index contributed by atoms with van der Waals surface area (Å²) in [7, 11) is 3.12. The first-order valence-electron chi connectivity index (χ1n) is 10.1. The molecule has 7 heteroatoms. The van der Waals surface area contributed by atoms with Crippen molar-refractivity contribution >= 4 is 17.6 Å². The molecule has 3 amide bonds. The van der Waals surface area contributed by atoms with Crippen LogP contribution < -0.4 is 25.0 Å². The van der Waals surface area contributed by atoms with E-state index in [1.807, 2.05) is 31.2 Å². The second-order valence-electron chi connectivity index (χ2n) is 7.49. The first kappa shape index (κ1) is 21.5. The lowest BCUT2D eigenvalue weighted by atomic mass is 10.1. The van der Waals surface area contributed by atoms with Gasteiger partial charge in [0.15, 0.2) is 11.5 Å². The molecule has 0 aromatic heterocycles. The molecule has 30 heavy (non-hydrogen) atoms. The van der Waals surface area contributed by atoms with Crippen molar-refractivity contribution in [2.24, 2.45) is 0 Å². The van der Waals surface area contributed by atoms with Gasteiger partial charge in [-0.05, 0) is 37.5 Å². The Morgan fingerprint density at radius 3 is 2.57 bits per heavy atom. The zero-order valence-corrected chi connectivity index (χ0v) is 17.7. The molecule has 0 radical (unpaired) electrons. The maximum atomic E-state index is 12.5. The number of rotatable bonds is 8. The van der Waals surface area contributed by atoms with Crippen molar-refractivity contribution in [2.75, 3.05) is 25.7 Å². The second-order valence-corrected chi connectivity index (χ2v) is 7.49. The fourth-order valence-corrected chi connectivity index (χ4v) is 3.60. The Morgan fingerprint density at radius 1 is 1.13 bits per heavy atom. The van der Waals surface area contributed by atoms with Crippen LogP contribution in [-0.2, 0) is 11.2 Å². The minimum Gasteiger partial charge on any atom is -0.493 e. The zero-order chi connectivity index (χ0) is 21.5. The molecular formula is C23H29N3O4. The molecule has 3 rings (SSSR count). The Kier molecular flexibility index (Phi) is 7.17. The first-order valence-corrected chi connectivity index (χ1v) is 10.1. The SMILES string of the molecule is COc1ccc(N2C[C@H](NC(=O)N[C@H](C)CCc3ccccc3)CC2=O)cc1OC. The number of nitrogens with one attached hydrogen (secondary N) is 2. The molecule has 0 unspecified atom stereocenters. The molecule has 0 aliphatic carbocycles. The van der Waals surface area contributed by atoms with Crippen molar-refractivity contribution in [3.63, 3.8) is 0 Å². The first-order chi connectivity index (χ1) is 14.5. The summed E-state index contributed by atoms with van der Waals surface area (Å²) in [6.45, 7) is 2.40. The van der Waals surface area contributed by atoms with Gasteiger partial charge in [-0.1, -0.05) is 30.3 Å². The van der Waals surface area contributed by atoms with Crippen molar-refractivity contribution in [2.45, 2.75) is 38.3 Å². The lowest BCUT2D eigenvalue weighted by molar-refractivity contribution is -0.117. The molecule has 2 N–H and O–H groups in total. The molecule has 1 heterocycles. The van der Waals surface area contributed by atoms with Gasteiger partial charge in [0.05, 0.1) is 20.3 Å². The van der Waals surface area contributed by atoms with E-state index in [2.05, 4.69) is 22.8 Å². The number of methoxy groups -OCH3 is 2. The highest BCUT2D eigenvalue weighted by atomic mass is 16.5. The normalized spacial score (nSPS) is 16.8. The highest BCUT2D eigenvalue weighted by Crippen LogP contribution is 2.33. The number of benzene rings is 2. The number of hydrogen-bond donors (Lipinski definition) is 2. The zero-order valence-electron chi connectivity index (χ0n) is 17.7. The average Bonchev–Trinajstić information content (AvgIpc) is 3.12. The van der Waals surface area contributed by atoms with Crippen molar-refractivity contribution < 1.29 is 19.1 Å². The number of amides is 3. The van der Waals surface area contributed by atoms with Gasteiger partial charge in [0.1, 0.15) is 0 Å². The average molecular weight is 412 g/mol. The molecule has 2 aromatic rings. The third-order valence-corrected chi connectivity index (χ3v) is 5.23. The molecular weight excluding hydrogens is 382 g/mol. The highest BCUT2D eigenvalue weighted by Gasteiger charge is 2.32. The predicted molar refractivity (Wildman–Crippen MR) is 116 cm³/mol. The van der Waals surface area contributed by atoms with Crippen LogP contribution in [0.5, 0.6) is 11.5 Å². The van der Waals surface area contributed by atoms with Crippen LogP contribution in [0, 0.1) is 0 Å². The molecule has 160 valence electrons. The van der Waals surface area contributed by atoms with Gasteiger partial charge in [-0.25, -0.2) is 4.79 Å². The topological polar surface area (TPSA) is 79.9 Å². The van der Waals surface area contributed by atoms with E-state index in [-0.39, 0.29) is 30.4 Å². The predicted octanol–water partition coefficient (Wildman–Crippen LogP) is 3.13. The molecule has 0 saturated carbocycles. The summed E-state index contributed by atoms with van der Waals surface area (Å²) in [4.78, 5) is 26.5. The largest absolute Gasteiger partial charge is 0.493 e. The molecule has 2 aromatic carbocycles. The summed E-state index contributed by atoms with van der Waals surface area (Å²) in [6.07, 6.45) is 2.01. The summed E-state index contributed by atoms with van der Waals surface area (Å²) in [5.74, 6) is 1.13. The fraction of sp³-hybridized carbons (Fsp3) is 0.391. The van der Waals surface area contributed by atoms with Crippen molar-refractivity contribution in [3.05, 3.63) is 54.1 Å². The Hall–Kier alpha value is -3.22. The van der Waals surface area contributed by atoms with Crippen LogP contribution in [0.4, 0.5) is 10.5 Å². The van der Waals surface area contributed by atoms with Crippen LogP contribution in [0.15, 0.2) is 48.5 Å². The van der Waals surface area contributed by atoms with E-state index in [0.29, 0.717) is 18.0 Å². The van der Waals surface area contributed by atoms with Crippen LogP contribution >= 0.6 is 0 Å². The Labute approximate surface area is 177 Å². The number of nitrogens with zero attached hydrogens (tertiary/aromatic N) is 1. The molecule has 1 saturated heterocycles. The van der Waals surface area contributed by atoms with Crippen LogP contribution in [0.3, 0.4) is 0 Å². The fourth-order valence-electron chi connectivity index (χ4n) is 3.60. The molecule has 1 aliphatic rings. The monoisotopic (exact) mass is 411 g/mol. The summed E-state index contributed by atoms with van der Waals surface area (Å²) in [5.41, 5.74) is 1.97. The summed E-state index contributed by atoms with van der Waals surface area (Å²) < 4.78 is 10.6. The molecule has 7 nitrogen and oxygen atoms in total. The van der Waals surface area contributed by atoms with Crippen molar-refractivity contribution in [3.8, 4) is 11.5 Å². The number of hydrogen-bond acceptors (Lipinski definition) is 4. The maximum Gasteiger partial charge on any atom is 0.315 e. The number of aryl methyl sites for hydroxylation is 1. The van der Waals surface area contributed by atoms with Crippen molar-refractivity contribution in [1.82, 2.24) is 10.6 Å². The standard InChI is InChI=1S/C23H29N3O4/c1-16(9-10-17-7-5-4-6-8-17)24-23(28)25-18-13-22(27)26(15-18)19-11-12-20(29-2)21(14-19)30-3/h4-8,11-12,14,16,18H,9-10,13,15H2,1-3H3,(H2,24,25,28)/t16-,18-/m1/s1. The quantitative estimate of drug-likeness (QED) is 0.699. The van der Waals surface area contributed by atoms with E-state index in [9.17, 15) is 9.59 Å². The van der Waals surface area contributed by atoms with E-state index in [1.165, 1.54) is 5.56 Å². The Balaban J connectivity index is 1.50. The van der Waals surface area contributed by atoms with E-state index in [0.717, 1.165) is 18.5 Å². The summed E-state index contributed by atoms with van der Waals surface area (Å²) >= 11 is 0. The van der Waals surface area contributed by atoms with Gasteiger partial charge in [0, 0.05) is 30.8 Å². The molecule has 0 spiro atoms. The second kappa shape index (κ2) is 10.0. The molecule has 1 aliphatic heterocycles. The van der Waals surface area contributed by atoms with Gasteiger partial charge >= 0.3 is 6.03 Å². The summed E-state index contributed by atoms with van der Waals surface area (Å²) in [5, 5.41) is 5.88. The molecule has 1 fully saturated rings. The van der Waals surface area contributed by atoms with Gasteiger partial charge in [-0.3, -0.25) is 4.79 Å². The Morgan fingerprint density at radius 2 is 1.87 bits per heavy atom. The maximum absolute atomic E-state index is 12.5. The number of ether oxygens (including phenoxy) is 2. The van der Waals surface area contributed by atoms with E-state index in [1.54, 1.807) is 31.3 Å². The number of carbonyl (C=O) groups excluding carboxylic acids is 2. The van der Waals surface area contributed by atoms with E-state index >= 15 is 0 Å². The van der Waals surface area contributed by atoms with Crippen LogP contribution in [0.1, 0.15) is 25.3 Å². The van der Waals surface area contributed by atoms with Crippen LogP contribution in [0.2, 0.25) is 0 Å². The third-order valence-electron chi connectivity index (χ3n) is 5.23. The third kappa shape index (κ3) is 5.43. The van der Waals surface area contributed by atoms with Gasteiger partial charge in [0.2, 0.25) is 5.91 Å². The summed E-state index contributed by atoms with van der Waals surface area (Å²) in [6, 6.07) is 15.1. The lowest BCUT2D eigenvalue weighted by Crippen LogP contribution is -2.46. The highest BCUT2D eigenvalue weighted by molar-refractivity contribution is 5.97. The van der Waals surface area contributed by atoms with Gasteiger partial charge < -0.3 is 25.0 Å². The lowest BCUT2D eigenvalue weighted by Gasteiger charge is -2.20. The number of urea groups is 1. The van der Waals surface area contributed by atoms with Gasteiger partial charge in [-0.2, -0.15) is 0 Å². The molecule has 0 bridgehead atoms.